The number of aryl methyl sites for hydroxylation is 1. The van der Waals surface area contributed by atoms with E-state index >= 15 is 0 Å². The van der Waals surface area contributed by atoms with Crippen LogP contribution in [0.15, 0.2) is 23.1 Å². The molecule has 0 bridgehead atoms. The van der Waals surface area contributed by atoms with E-state index in [1.165, 1.54) is 6.07 Å². The summed E-state index contributed by atoms with van der Waals surface area (Å²) in [6.45, 7) is 7.04. The molecule has 0 spiro atoms. The highest BCUT2D eigenvalue weighted by molar-refractivity contribution is 7.89. The van der Waals surface area contributed by atoms with Crippen molar-refractivity contribution in [2.24, 2.45) is 5.14 Å². The zero-order valence-electron chi connectivity index (χ0n) is 12.1. The number of nitrogens with two attached hydrogens (primary N) is 1. The molecule has 0 unspecified atom stereocenters. The fourth-order valence-corrected chi connectivity index (χ4v) is 2.27. The highest BCUT2D eigenvalue weighted by atomic mass is 32.2. The third-order valence-electron chi connectivity index (χ3n) is 2.41. The molecule has 0 aromatic heterocycles. The smallest absolute Gasteiger partial charge is 0.250 e. The number of hydrogen-bond donors (Lipinski definition) is 2. The van der Waals surface area contributed by atoms with Gasteiger partial charge in [0.15, 0.2) is 0 Å². The normalized spacial score (nSPS) is 12.2. The number of anilines is 1. The first-order valence-electron chi connectivity index (χ1n) is 6.06. The number of sulfonamides is 1. The van der Waals surface area contributed by atoms with E-state index in [0.717, 1.165) is 0 Å². The molecule has 20 heavy (non-hydrogen) atoms. The molecular weight excluding hydrogens is 280 g/mol. The van der Waals surface area contributed by atoms with E-state index in [1.54, 1.807) is 19.1 Å². The molecular formula is C13H20N2O4S. The predicted octanol–water partition coefficient (Wildman–Crippen LogP) is 1.40. The number of carbonyl (C=O) groups is 1. The van der Waals surface area contributed by atoms with Crippen LogP contribution in [0, 0.1) is 6.92 Å². The largest absolute Gasteiger partial charge is 0.366 e. The number of nitrogens with one attached hydrogen (secondary N) is 1. The topological polar surface area (TPSA) is 98.5 Å². The summed E-state index contributed by atoms with van der Waals surface area (Å²) < 4.78 is 28.1. The first-order chi connectivity index (χ1) is 8.99. The minimum absolute atomic E-state index is 0.00737. The maximum Gasteiger partial charge on any atom is 0.250 e. The Morgan fingerprint density at radius 1 is 1.35 bits per heavy atom. The Morgan fingerprint density at radius 3 is 2.45 bits per heavy atom. The van der Waals surface area contributed by atoms with Crippen molar-refractivity contribution in [3.63, 3.8) is 0 Å². The van der Waals surface area contributed by atoms with Crippen molar-refractivity contribution < 1.29 is 17.9 Å². The van der Waals surface area contributed by atoms with Gasteiger partial charge < -0.3 is 10.1 Å². The van der Waals surface area contributed by atoms with Gasteiger partial charge in [-0.1, -0.05) is 6.07 Å². The van der Waals surface area contributed by atoms with Crippen LogP contribution in [0.2, 0.25) is 0 Å². The zero-order chi connectivity index (χ0) is 15.6. The lowest BCUT2D eigenvalue weighted by atomic mass is 10.2. The van der Waals surface area contributed by atoms with Crippen LogP contribution in [0.5, 0.6) is 0 Å². The van der Waals surface area contributed by atoms with Crippen molar-refractivity contribution in [1.29, 1.82) is 0 Å². The van der Waals surface area contributed by atoms with Crippen molar-refractivity contribution in [3.05, 3.63) is 23.8 Å². The standard InChI is InChI=1S/C13H20N2O4S/c1-9-5-6-10(7-11(9)20(14,17)18)15-12(16)8-19-13(2,3)4/h5-7H,8H2,1-4H3,(H,15,16)(H2,14,17,18). The SMILES string of the molecule is Cc1ccc(NC(=O)COC(C)(C)C)cc1S(N)(=O)=O. The number of primary sulfonamides is 1. The lowest BCUT2D eigenvalue weighted by Crippen LogP contribution is -2.27. The molecule has 112 valence electrons. The van der Waals surface area contributed by atoms with E-state index in [0.29, 0.717) is 11.3 Å². The second-order valence-corrected chi connectivity index (χ2v) is 7.00. The van der Waals surface area contributed by atoms with Crippen LogP contribution in [0.4, 0.5) is 5.69 Å². The minimum Gasteiger partial charge on any atom is -0.366 e. The van der Waals surface area contributed by atoms with Crippen LogP contribution >= 0.6 is 0 Å². The van der Waals surface area contributed by atoms with Crippen LogP contribution in [0.3, 0.4) is 0 Å². The third kappa shape index (κ3) is 5.28. The summed E-state index contributed by atoms with van der Waals surface area (Å²) in [6, 6.07) is 4.53. The van der Waals surface area contributed by atoms with Gasteiger partial charge in [0, 0.05) is 5.69 Å². The molecule has 0 aliphatic heterocycles. The summed E-state index contributed by atoms with van der Waals surface area (Å²) in [6.07, 6.45) is 0. The number of rotatable bonds is 4. The van der Waals surface area contributed by atoms with Crippen molar-refractivity contribution in [1.82, 2.24) is 0 Å². The molecule has 0 fully saturated rings. The highest BCUT2D eigenvalue weighted by Crippen LogP contribution is 2.19. The summed E-state index contributed by atoms with van der Waals surface area (Å²) in [5, 5.41) is 7.68. The summed E-state index contributed by atoms with van der Waals surface area (Å²) in [7, 11) is -3.81. The predicted molar refractivity (Wildman–Crippen MR) is 76.9 cm³/mol. The average Bonchev–Trinajstić information content (AvgIpc) is 2.27. The molecule has 7 heteroatoms. The molecule has 0 aliphatic rings. The zero-order valence-corrected chi connectivity index (χ0v) is 12.9. The molecule has 6 nitrogen and oxygen atoms in total. The van der Waals surface area contributed by atoms with Crippen LogP contribution in [0.25, 0.3) is 0 Å². The Kier molecular flexibility index (Phi) is 4.90. The molecule has 0 radical (unpaired) electrons. The van der Waals surface area contributed by atoms with Crippen LogP contribution < -0.4 is 10.5 Å². The molecule has 1 rings (SSSR count). The Hall–Kier alpha value is -1.44. The van der Waals surface area contributed by atoms with Gasteiger partial charge >= 0.3 is 0 Å². The van der Waals surface area contributed by atoms with Crippen molar-refractivity contribution in [2.45, 2.75) is 38.2 Å². The summed E-state index contributed by atoms with van der Waals surface area (Å²) in [5.74, 6) is -0.357. The Balaban J connectivity index is 2.82. The van der Waals surface area contributed by atoms with E-state index in [2.05, 4.69) is 5.32 Å². The summed E-state index contributed by atoms with van der Waals surface area (Å²) in [5.41, 5.74) is 0.467. The lowest BCUT2D eigenvalue weighted by molar-refractivity contribution is -0.125. The molecule has 0 atom stereocenters. The van der Waals surface area contributed by atoms with Crippen molar-refractivity contribution in [2.75, 3.05) is 11.9 Å². The van der Waals surface area contributed by atoms with Gasteiger partial charge in [-0.2, -0.15) is 0 Å². The van der Waals surface area contributed by atoms with E-state index < -0.39 is 15.6 Å². The van der Waals surface area contributed by atoms with Crippen molar-refractivity contribution >= 4 is 21.6 Å². The van der Waals surface area contributed by atoms with Crippen LogP contribution in [0.1, 0.15) is 26.3 Å². The van der Waals surface area contributed by atoms with Gasteiger partial charge in [-0.15, -0.1) is 0 Å². The average molecular weight is 300 g/mol. The van der Waals surface area contributed by atoms with Gasteiger partial charge in [-0.25, -0.2) is 13.6 Å². The van der Waals surface area contributed by atoms with E-state index in [9.17, 15) is 13.2 Å². The molecule has 0 aliphatic carbocycles. The second-order valence-electron chi connectivity index (χ2n) is 5.47. The van der Waals surface area contributed by atoms with Gasteiger partial charge in [0.2, 0.25) is 15.9 Å². The Labute approximate surface area is 119 Å². The van der Waals surface area contributed by atoms with Crippen molar-refractivity contribution in [3.8, 4) is 0 Å². The fraction of sp³-hybridized carbons (Fsp3) is 0.462. The van der Waals surface area contributed by atoms with Gasteiger partial charge in [0.05, 0.1) is 10.5 Å². The Bertz CT molecular complexity index is 603. The van der Waals surface area contributed by atoms with Gasteiger partial charge in [0.25, 0.3) is 0 Å². The molecule has 0 heterocycles. The highest BCUT2D eigenvalue weighted by Gasteiger charge is 2.15. The first-order valence-corrected chi connectivity index (χ1v) is 7.61. The number of carbonyl (C=O) groups excluding carboxylic acids is 1. The maximum atomic E-state index is 11.7. The quantitative estimate of drug-likeness (QED) is 0.878. The number of benzene rings is 1. The Morgan fingerprint density at radius 2 is 1.95 bits per heavy atom. The fourth-order valence-electron chi connectivity index (χ4n) is 1.46. The van der Waals surface area contributed by atoms with E-state index in [4.69, 9.17) is 9.88 Å². The van der Waals surface area contributed by atoms with Gasteiger partial charge in [0.1, 0.15) is 6.61 Å². The molecule has 1 amide bonds. The minimum atomic E-state index is -3.81. The number of ether oxygens (including phenoxy) is 1. The van der Waals surface area contributed by atoms with Gasteiger partial charge in [-0.05, 0) is 45.4 Å². The van der Waals surface area contributed by atoms with Crippen LogP contribution in [-0.2, 0) is 19.6 Å². The molecule has 3 N–H and O–H groups in total. The van der Waals surface area contributed by atoms with E-state index in [-0.39, 0.29) is 17.4 Å². The second kappa shape index (κ2) is 5.90. The molecule has 1 aromatic carbocycles. The first kappa shape index (κ1) is 16.6. The summed E-state index contributed by atoms with van der Waals surface area (Å²) in [4.78, 5) is 11.7. The molecule has 0 saturated carbocycles. The number of hydrogen-bond acceptors (Lipinski definition) is 4. The van der Waals surface area contributed by atoms with Gasteiger partial charge in [-0.3, -0.25) is 4.79 Å². The maximum absolute atomic E-state index is 11.7. The number of amides is 1. The van der Waals surface area contributed by atoms with E-state index in [1.807, 2.05) is 20.8 Å². The molecule has 1 aromatic rings. The molecule has 0 saturated heterocycles. The summed E-state index contributed by atoms with van der Waals surface area (Å²) >= 11 is 0. The monoisotopic (exact) mass is 300 g/mol. The lowest BCUT2D eigenvalue weighted by Gasteiger charge is -2.19. The van der Waals surface area contributed by atoms with Crippen LogP contribution in [-0.4, -0.2) is 26.5 Å². The third-order valence-corrected chi connectivity index (χ3v) is 3.47.